The SMILES string of the molecule is CNC(=O)C1=C(C(=O)Nc2ccc(CC(=O)c3cc(F)ccc3Cl)cc2)CC=N1. The number of nitrogens with one attached hydrogen (secondary N) is 2. The summed E-state index contributed by atoms with van der Waals surface area (Å²) in [6.07, 6.45) is 1.82. The van der Waals surface area contributed by atoms with Crippen LogP contribution in [0.25, 0.3) is 0 Å². The van der Waals surface area contributed by atoms with Crippen LogP contribution in [0, 0.1) is 5.82 Å². The van der Waals surface area contributed by atoms with Gasteiger partial charge < -0.3 is 10.6 Å². The van der Waals surface area contributed by atoms with E-state index in [2.05, 4.69) is 15.6 Å². The molecule has 1 aliphatic rings. The lowest BCUT2D eigenvalue weighted by molar-refractivity contribution is -0.118. The van der Waals surface area contributed by atoms with Crippen LogP contribution in [-0.4, -0.2) is 30.9 Å². The Morgan fingerprint density at radius 2 is 1.83 bits per heavy atom. The van der Waals surface area contributed by atoms with Crippen molar-refractivity contribution in [2.24, 2.45) is 4.99 Å². The third kappa shape index (κ3) is 4.75. The van der Waals surface area contributed by atoms with Gasteiger partial charge >= 0.3 is 0 Å². The average molecular weight is 414 g/mol. The fourth-order valence-electron chi connectivity index (χ4n) is 2.82. The summed E-state index contributed by atoms with van der Waals surface area (Å²) in [6, 6.07) is 10.3. The lowest BCUT2D eigenvalue weighted by atomic mass is 10.0. The van der Waals surface area contributed by atoms with Crippen molar-refractivity contribution < 1.29 is 18.8 Å². The maximum atomic E-state index is 13.4. The van der Waals surface area contributed by atoms with Gasteiger partial charge in [0.05, 0.1) is 10.6 Å². The lowest BCUT2D eigenvalue weighted by Crippen LogP contribution is -2.23. The molecule has 1 aliphatic heterocycles. The summed E-state index contributed by atoms with van der Waals surface area (Å²) in [4.78, 5) is 40.5. The molecule has 29 heavy (non-hydrogen) atoms. The minimum atomic E-state index is -0.530. The number of hydrogen-bond donors (Lipinski definition) is 2. The standard InChI is InChI=1S/C21H17ClFN3O3/c1-24-21(29)19-15(8-9-25-19)20(28)26-14-5-2-12(3-6-14)10-18(27)16-11-13(23)4-7-17(16)22/h2-7,9,11H,8,10H2,1H3,(H,24,29)(H,26,28). The lowest BCUT2D eigenvalue weighted by Gasteiger charge is -2.09. The summed E-state index contributed by atoms with van der Waals surface area (Å²) in [7, 11) is 1.47. The number of nitrogens with zero attached hydrogens (tertiary/aromatic N) is 1. The topological polar surface area (TPSA) is 87.6 Å². The van der Waals surface area contributed by atoms with E-state index in [1.165, 1.54) is 25.4 Å². The molecule has 0 spiro atoms. The zero-order valence-corrected chi connectivity index (χ0v) is 16.2. The Morgan fingerprint density at radius 1 is 1.10 bits per heavy atom. The first kappa shape index (κ1) is 20.4. The summed E-state index contributed by atoms with van der Waals surface area (Å²) < 4.78 is 13.4. The van der Waals surface area contributed by atoms with Crippen LogP contribution in [0.4, 0.5) is 10.1 Å². The van der Waals surface area contributed by atoms with Crippen molar-refractivity contribution in [3.63, 3.8) is 0 Å². The van der Waals surface area contributed by atoms with Crippen molar-refractivity contribution in [1.29, 1.82) is 0 Å². The summed E-state index contributed by atoms with van der Waals surface area (Å²) in [5.41, 5.74) is 1.69. The van der Waals surface area contributed by atoms with E-state index < -0.39 is 17.6 Å². The van der Waals surface area contributed by atoms with Crippen molar-refractivity contribution in [3.8, 4) is 0 Å². The molecule has 2 aromatic carbocycles. The number of Topliss-reactive ketones (excluding diaryl/α,β-unsaturated/α-hetero) is 1. The summed E-state index contributed by atoms with van der Waals surface area (Å²) >= 11 is 5.97. The van der Waals surface area contributed by atoms with Crippen LogP contribution in [0.5, 0.6) is 0 Å². The van der Waals surface area contributed by atoms with Crippen molar-refractivity contribution in [2.75, 3.05) is 12.4 Å². The quantitative estimate of drug-likeness (QED) is 0.712. The minimum absolute atomic E-state index is 0.0389. The fraction of sp³-hybridized carbons (Fsp3) is 0.143. The molecule has 0 fully saturated rings. The van der Waals surface area contributed by atoms with Gasteiger partial charge in [-0.1, -0.05) is 23.7 Å². The molecule has 0 aliphatic carbocycles. The Balaban J connectivity index is 1.68. The minimum Gasteiger partial charge on any atom is -0.354 e. The average Bonchev–Trinajstić information content (AvgIpc) is 3.20. The van der Waals surface area contributed by atoms with Gasteiger partial charge in [-0.05, 0) is 35.9 Å². The predicted octanol–water partition coefficient (Wildman–Crippen LogP) is 3.32. The molecule has 0 saturated heterocycles. The normalized spacial score (nSPS) is 12.8. The van der Waals surface area contributed by atoms with Crippen LogP contribution in [0.2, 0.25) is 5.02 Å². The highest BCUT2D eigenvalue weighted by Gasteiger charge is 2.23. The number of rotatable bonds is 6. The highest BCUT2D eigenvalue weighted by molar-refractivity contribution is 6.34. The molecule has 0 radical (unpaired) electrons. The Bertz CT molecular complexity index is 1050. The van der Waals surface area contributed by atoms with Gasteiger partial charge in [0, 0.05) is 37.4 Å². The second-order valence-corrected chi connectivity index (χ2v) is 6.70. The van der Waals surface area contributed by atoms with Crippen LogP contribution in [0.1, 0.15) is 22.3 Å². The monoisotopic (exact) mass is 413 g/mol. The second-order valence-electron chi connectivity index (χ2n) is 6.30. The number of halogens is 2. The molecular weight excluding hydrogens is 397 g/mol. The Morgan fingerprint density at radius 3 is 2.52 bits per heavy atom. The van der Waals surface area contributed by atoms with Crippen molar-refractivity contribution in [3.05, 3.63) is 75.7 Å². The molecule has 0 bridgehead atoms. The number of carbonyl (C=O) groups excluding carboxylic acids is 3. The number of hydrogen-bond acceptors (Lipinski definition) is 4. The maximum absolute atomic E-state index is 13.4. The molecule has 2 N–H and O–H groups in total. The van der Waals surface area contributed by atoms with Crippen LogP contribution < -0.4 is 10.6 Å². The molecule has 1 heterocycles. The predicted molar refractivity (Wildman–Crippen MR) is 109 cm³/mol. The van der Waals surface area contributed by atoms with Gasteiger partial charge in [-0.2, -0.15) is 0 Å². The van der Waals surface area contributed by atoms with E-state index in [4.69, 9.17) is 11.6 Å². The van der Waals surface area contributed by atoms with E-state index >= 15 is 0 Å². The van der Waals surface area contributed by atoms with E-state index in [9.17, 15) is 18.8 Å². The number of carbonyl (C=O) groups is 3. The number of likely N-dealkylation sites (N-methyl/N-ethyl adjacent to an activating group) is 1. The molecular formula is C21H17ClFN3O3. The summed E-state index contributed by atoms with van der Waals surface area (Å²) in [5.74, 6) is -1.68. The first-order chi connectivity index (χ1) is 13.9. The van der Waals surface area contributed by atoms with Gasteiger partial charge in [0.25, 0.3) is 11.8 Å². The van der Waals surface area contributed by atoms with E-state index in [0.29, 0.717) is 11.3 Å². The molecule has 0 unspecified atom stereocenters. The molecule has 8 heteroatoms. The van der Waals surface area contributed by atoms with Crippen LogP contribution >= 0.6 is 11.6 Å². The number of benzene rings is 2. The molecule has 0 atom stereocenters. The largest absolute Gasteiger partial charge is 0.354 e. The van der Waals surface area contributed by atoms with Crippen LogP contribution in [0.3, 0.4) is 0 Å². The van der Waals surface area contributed by atoms with Gasteiger partial charge in [-0.25, -0.2) is 4.39 Å². The van der Waals surface area contributed by atoms with E-state index in [1.807, 2.05) is 0 Å². The molecule has 0 saturated carbocycles. The molecule has 6 nitrogen and oxygen atoms in total. The number of anilines is 1. The smallest absolute Gasteiger partial charge is 0.270 e. The Labute approximate surface area is 171 Å². The van der Waals surface area contributed by atoms with Gasteiger partial charge in [0.1, 0.15) is 11.5 Å². The first-order valence-electron chi connectivity index (χ1n) is 8.75. The van der Waals surface area contributed by atoms with Gasteiger partial charge in [-0.3, -0.25) is 19.4 Å². The third-order valence-corrected chi connectivity index (χ3v) is 4.65. The summed E-state index contributed by atoms with van der Waals surface area (Å²) in [5, 5.41) is 5.35. The third-order valence-electron chi connectivity index (χ3n) is 4.32. The number of aliphatic imine (C=N–C) groups is 1. The molecule has 3 rings (SSSR count). The zero-order valence-electron chi connectivity index (χ0n) is 15.5. The van der Waals surface area contributed by atoms with Crippen molar-refractivity contribution in [1.82, 2.24) is 5.32 Å². The van der Waals surface area contributed by atoms with Crippen molar-refractivity contribution in [2.45, 2.75) is 12.8 Å². The van der Waals surface area contributed by atoms with Gasteiger partial charge in [0.2, 0.25) is 0 Å². The van der Waals surface area contributed by atoms with Crippen LogP contribution in [-0.2, 0) is 16.0 Å². The maximum Gasteiger partial charge on any atom is 0.270 e. The second kappa shape index (κ2) is 8.79. The molecule has 2 amide bonds. The number of ketones is 1. The van der Waals surface area contributed by atoms with E-state index in [1.54, 1.807) is 24.3 Å². The highest BCUT2D eigenvalue weighted by Crippen LogP contribution is 2.21. The van der Waals surface area contributed by atoms with Crippen molar-refractivity contribution >= 4 is 41.1 Å². The van der Waals surface area contributed by atoms with Crippen LogP contribution in [0.15, 0.2) is 58.7 Å². The highest BCUT2D eigenvalue weighted by atomic mass is 35.5. The number of amides is 2. The van der Waals surface area contributed by atoms with E-state index in [0.717, 1.165) is 6.07 Å². The first-order valence-corrected chi connectivity index (χ1v) is 9.13. The molecule has 148 valence electrons. The summed E-state index contributed by atoms with van der Waals surface area (Å²) in [6.45, 7) is 0. The Kier molecular flexibility index (Phi) is 6.19. The van der Waals surface area contributed by atoms with Gasteiger partial charge in [0.15, 0.2) is 5.78 Å². The van der Waals surface area contributed by atoms with Gasteiger partial charge in [-0.15, -0.1) is 0 Å². The molecule has 2 aromatic rings. The zero-order chi connectivity index (χ0) is 21.0. The Hall–Kier alpha value is -3.32. The molecule has 0 aromatic heterocycles. The fourth-order valence-corrected chi connectivity index (χ4v) is 3.04. The van der Waals surface area contributed by atoms with E-state index in [-0.39, 0.29) is 40.5 Å².